The van der Waals surface area contributed by atoms with Gasteiger partial charge in [0.1, 0.15) is 10.8 Å². The third-order valence-corrected chi connectivity index (χ3v) is 5.74. The molecule has 3 rings (SSSR count). The standard InChI is InChI=1S/C24H20N4O3S/c1-15(29)27-21(17-7-9-19(31-2)10-8-17)11-23(30)20(13-26)24-28-22(14-32-24)18-5-3-16(12-25)4-6-18/h3-10,14,20-21H,11H2,1-2H3,(H,27,29). The van der Waals surface area contributed by atoms with Crippen molar-refractivity contribution in [1.82, 2.24) is 10.3 Å². The molecular weight excluding hydrogens is 424 g/mol. The molecule has 0 aliphatic carbocycles. The van der Waals surface area contributed by atoms with Crippen LogP contribution in [0.2, 0.25) is 0 Å². The van der Waals surface area contributed by atoms with Crippen LogP contribution in [-0.4, -0.2) is 23.8 Å². The van der Waals surface area contributed by atoms with Crippen molar-refractivity contribution in [3.63, 3.8) is 0 Å². The molecule has 2 unspecified atom stereocenters. The van der Waals surface area contributed by atoms with Crippen molar-refractivity contribution >= 4 is 23.0 Å². The summed E-state index contributed by atoms with van der Waals surface area (Å²) in [6, 6.07) is 17.5. The maximum Gasteiger partial charge on any atom is 0.217 e. The molecule has 0 saturated heterocycles. The first-order chi connectivity index (χ1) is 15.4. The lowest BCUT2D eigenvalue weighted by Crippen LogP contribution is -2.29. The quantitative estimate of drug-likeness (QED) is 0.558. The smallest absolute Gasteiger partial charge is 0.217 e. The van der Waals surface area contributed by atoms with Gasteiger partial charge in [0, 0.05) is 24.3 Å². The average molecular weight is 445 g/mol. The Morgan fingerprint density at radius 2 is 1.81 bits per heavy atom. The minimum atomic E-state index is -1.04. The number of ketones is 1. The number of thiazole rings is 1. The van der Waals surface area contributed by atoms with Crippen LogP contribution in [-0.2, 0) is 9.59 Å². The van der Waals surface area contributed by atoms with E-state index in [2.05, 4.69) is 22.4 Å². The van der Waals surface area contributed by atoms with Crippen LogP contribution in [0.4, 0.5) is 0 Å². The molecule has 32 heavy (non-hydrogen) atoms. The minimum Gasteiger partial charge on any atom is -0.497 e. The molecule has 1 amide bonds. The Bertz CT molecular complexity index is 1190. The summed E-state index contributed by atoms with van der Waals surface area (Å²) in [5.74, 6) is -0.983. The lowest BCUT2D eigenvalue weighted by Gasteiger charge is -2.19. The molecule has 2 aromatic carbocycles. The van der Waals surface area contributed by atoms with Crippen molar-refractivity contribution in [3.05, 3.63) is 70.0 Å². The molecule has 0 saturated carbocycles. The highest BCUT2D eigenvalue weighted by Crippen LogP contribution is 2.30. The molecule has 1 heterocycles. The van der Waals surface area contributed by atoms with Gasteiger partial charge in [0.2, 0.25) is 5.91 Å². The first kappa shape index (κ1) is 22.7. The lowest BCUT2D eigenvalue weighted by molar-refractivity contribution is -0.121. The first-order valence-electron chi connectivity index (χ1n) is 9.74. The number of nitrogens with one attached hydrogen (secondary N) is 1. The third-order valence-electron chi connectivity index (χ3n) is 4.83. The number of benzene rings is 2. The second kappa shape index (κ2) is 10.3. The highest BCUT2D eigenvalue weighted by molar-refractivity contribution is 7.10. The zero-order valence-corrected chi connectivity index (χ0v) is 18.3. The number of amides is 1. The Morgan fingerprint density at radius 1 is 1.12 bits per heavy atom. The Kier molecular flexibility index (Phi) is 7.33. The van der Waals surface area contributed by atoms with Crippen LogP contribution in [0.15, 0.2) is 53.9 Å². The van der Waals surface area contributed by atoms with Crippen LogP contribution in [0.1, 0.15) is 41.4 Å². The first-order valence-corrected chi connectivity index (χ1v) is 10.6. The van der Waals surface area contributed by atoms with E-state index in [4.69, 9.17) is 10.00 Å². The molecule has 0 bridgehead atoms. The van der Waals surface area contributed by atoms with Gasteiger partial charge >= 0.3 is 0 Å². The largest absolute Gasteiger partial charge is 0.497 e. The monoisotopic (exact) mass is 444 g/mol. The van der Waals surface area contributed by atoms with Crippen molar-refractivity contribution < 1.29 is 14.3 Å². The molecule has 0 fully saturated rings. The summed E-state index contributed by atoms with van der Waals surface area (Å²) >= 11 is 1.23. The number of aromatic nitrogens is 1. The molecule has 0 aliphatic heterocycles. The fourth-order valence-electron chi connectivity index (χ4n) is 3.19. The highest BCUT2D eigenvalue weighted by atomic mass is 32.1. The van der Waals surface area contributed by atoms with E-state index in [9.17, 15) is 14.9 Å². The zero-order valence-electron chi connectivity index (χ0n) is 17.5. The normalized spacial score (nSPS) is 12.1. The number of methoxy groups -OCH3 is 1. The van der Waals surface area contributed by atoms with Gasteiger partial charge in [0.25, 0.3) is 0 Å². The summed E-state index contributed by atoms with van der Waals surface area (Å²) in [5.41, 5.74) is 2.71. The van der Waals surface area contributed by atoms with Crippen molar-refractivity contribution in [2.24, 2.45) is 0 Å². The Balaban J connectivity index is 1.80. The van der Waals surface area contributed by atoms with Gasteiger partial charge in [-0.15, -0.1) is 11.3 Å². The Morgan fingerprint density at radius 3 is 2.38 bits per heavy atom. The highest BCUT2D eigenvalue weighted by Gasteiger charge is 2.27. The van der Waals surface area contributed by atoms with E-state index in [1.165, 1.54) is 18.3 Å². The molecular formula is C24H20N4O3S. The van der Waals surface area contributed by atoms with Gasteiger partial charge in [0.05, 0.1) is 36.5 Å². The van der Waals surface area contributed by atoms with Gasteiger partial charge in [-0.2, -0.15) is 10.5 Å². The van der Waals surface area contributed by atoms with Crippen molar-refractivity contribution in [2.45, 2.75) is 25.3 Å². The fourth-order valence-corrected chi connectivity index (χ4v) is 4.08. The van der Waals surface area contributed by atoms with E-state index in [0.29, 0.717) is 22.0 Å². The molecule has 1 N–H and O–H groups in total. The summed E-state index contributed by atoms with van der Waals surface area (Å²) < 4.78 is 5.16. The van der Waals surface area contributed by atoms with E-state index >= 15 is 0 Å². The second-order valence-electron chi connectivity index (χ2n) is 7.02. The number of ether oxygens (including phenoxy) is 1. The van der Waals surface area contributed by atoms with Gasteiger partial charge in [-0.05, 0) is 29.8 Å². The van der Waals surface area contributed by atoms with Crippen LogP contribution in [0.5, 0.6) is 5.75 Å². The molecule has 3 aromatic rings. The summed E-state index contributed by atoms with van der Waals surface area (Å²) in [4.78, 5) is 29.2. The maximum absolute atomic E-state index is 13.0. The summed E-state index contributed by atoms with van der Waals surface area (Å²) in [6.07, 6.45) is -0.0457. The predicted molar refractivity (Wildman–Crippen MR) is 120 cm³/mol. The number of nitriles is 2. The molecule has 0 aliphatic rings. The molecule has 0 radical (unpaired) electrons. The number of Topliss-reactive ketones (excluding diaryl/α,β-unsaturated/α-hetero) is 1. The van der Waals surface area contributed by atoms with Crippen LogP contribution in [0.25, 0.3) is 11.3 Å². The molecule has 7 nitrogen and oxygen atoms in total. The number of nitrogens with zero attached hydrogens (tertiary/aromatic N) is 3. The zero-order chi connectivity index (χ0) is 23.1. The average Bonchev–Trinajstić information content (AvgIpc) is 3.28. The van der Waals surface area contributed by atoms with E-state index in [1.54, 1.807) is 61.0 Å². The van der Waals surface area contributed by atoms with Gasteiger partial charge in [-0.3, -0.25) is 9.59 Å². The molecule has 160 valence electrons. The minimum absolute atomic E-state index is 0.0457. The Labute approximate surface area is 189 Å². The predicted octanol–water partition coefficient (Wildman–Crippen LogP) is 4.13. The summed E-state index contributed by atoms with van der Waals surface area (Å²) in [7, 11) is 1.56. The number of hydrogen-bond donors (Lipinski definition) is 1. The number of rotatable bonds is 8. The number of carbonyl (C=O) groups excluding carboxylic acids is 2. The third kappa shape index (κ3) is 5.37. The lowest BCUT2D eigenvalue weighted by atomic mass is 9.95. The van der Waals surface area contributed by atoms with Crippen molar-refractivity contribution in [2.75, 3.05) is 7.11 Å². The molecule has 1 aromatic heterocycles. The van der Waals surface area contributed by atoms with Crippen LogP contribution in [0, 0.1) is 22.7 Å². The SMILES string of the molecule is COc1ccc(C(CC(=O)C(C#N)c2nc(-c3ccc(C#N)cc3)cs2)NC(C)=O)cc1. The van der Waals surface area contributed by atoms with Crippen molar-refractivity contribution in [1.29, 1.82) is 10.5 Å². The fraction of sp³-hybridized carbons (Fsp3) is 0.208. The van der Waals surface area contributed by atoms with Gasteiger partial charge < -0.3 is 10.1 Å². The summed E-state index contributed by atoms with van der Waals surface area (Å²) in [6.45, 7) is 1.38. The van der Waals surface area contributed by atoms with Crippen LogP contribution < -0.4 is 10.1 Å². The van der Waals surface area contributed by atoms with Crippen molar-refractivity contribution in [3.8, 4) is 29.1 Å². The molecule has 0 spiro atoms. The summed E-state index contributed by atoms with van der Waals surface area (Å²) in [5, 5.41) is 23.6. The Hall–Kier alpha value is -4.01. The van der Waals surface area contributed by atoms with Crippen LogP contribution in [0.3, 0.4) is 0 Å². The van der Waals surface area contributed by atoms with E-state index in [-0.39, 0.29) is 18.1 Å². The second-order valence-corrected chi connectivity index (χ2v) is 7.91. The number of carbonyl (C=O) groups is 2. The number of hydrogen-bond acceptors (Lipinski definition) is 7. The molecule has 8 heteroatoms. The van der Waals surface area contributed by atoms with Crippen LogP contribution >= 0.6 is 11.3 Å². The van der Waals surface area contributed by atoms with Gasteiger partial charge in [-0.1, -0.05) is 24.3 Å². The topological polar surface area (TPSA) is 116 Å². The maximum atomic E-state index is 13.0. The van der Waals surface area contributed by atoms with E-state index in [1.807, 2.05) is 0 Å². The van der Waals surface area contributed by atoms with Gasteiger partial charge in [-0.25, -0.2) is 4.98 Å². The molecule has 2 atom stereocenters. The van der Waals surface area contributed by atoms with E-state index < -0.39 is 12.0 Å². The van der Waals surface area contributed by atoms with E-state index in [0.717, 1.165) is 11.1 Å². The van der Waals surface area contributed by atoms with Gasteiger partial charge in [0.15, 0.2) is 11.7 Å².